The standard InChI is InChI=1S/C21H15F4N7/c1-31-9-13(7-28-31)12-5-14-15(8-27-20(14)26-6-12)19-11-32(30-29-19)10-16-17(21(23,24)25)3-2-4-18(16)22/h2-9,11H,10H2,1H3,(H,26,27). The van der Waals surface area contributed by atoms with Gasteiger partial charge in [0, 0.05) is 53.3 Å². The number of aromatic nitrogens is 7. The second-order valence-electron chi connectivity index (χ2n) is 7.29. The van der Waals surface area contributed by atoms with Crippen LogP contribution in [0.15, 0.2) is 55.2 Å². The van der Waals surface area contributed by atoms with Crippen molar-refractivity contribution >= 4 is 11.0 Å². The molecule has 1 N–H and O–H groups in total. The van der Waals surface area contributed by atoms with Crippen LogP contribution in [0.5, 0.6) is 0 Å². The van der Waals surface area contributed by atoms with Gasteiger partial charge in [0.2, 0.25) is 0 Å². The Balaban J connectivity index is 1.51. The minimum Gasteiger partial charge on any atom is -0.345 e. The van der Waals surface area contributed by atoms with Crippen molar-refractivity contribution in [1.29, 1.82) is 0 Å². The first kappa shape index (κ1) is 19.9. The lowest BCUT2D eigenvalue weighted by atomic mass is 10.1. The molecule has 0 aliphatic carbocycles. The zero-order valence-corrected chi connectivity index (χ0v) is 16.6. The number of hydrogen-bond acceptors (Lipinski definition) is 4. The quantitative estimate of drug-likeness (QED) is 0.419. The summed E-state index contributed by atoms with van der Waals surface area (Å²) >= 11 is 0. The first-order valence-electron chi connectivity index (χ1n) is 9.51. The summed E-state index contributed by atoms with van der Waals surface area (Å²) in [5.41, 5.74) is 1.93. The molecule has 0 aliphatic heterocycles. The van der Waals surface area contributed by atoms with E-state index in [1.165, 1.54) is 10.9 Å². The van der Waals surface area contributed by atoms with Crippen molar-refractivity contribution in [1.82, 2.24) is 34.7 Å². The van der Waals surface area contributed by atoms with Crippen molar-refractivity contribution < 1.29 is 17.6 Å². The summed E-state index contributed by atoms with van der Waals surface area (Å²) in [6, 6.07) is 4.80. The van der Waals surface area contributed by atoms with E-state index in [1.54, 1.807) is 23.3 Å². The van der Waals surface area contributed by atoms with Crippen molar-refractivity contribution in [3.63, 3.8) is 0 Å². The molecule has 4 heterocycles. The third-order valence-corrected chi connectivity index (χ3v) is 5.13. The minimum absolute atomic E-state index is 0.407. The van der Waals surface area contributed by atoms with E-state index in [9.17, 15) is 17.6 Å². The van der Waals surface area contributed by atoms with E-state index in [0.29, 0.717) is 16.9 Å². The molecule has 11 heteroatoms. The van der Waals surface area contributed by atoms with Gasteiger partial charge in [-0.05, 0) is 18.2 Å². The summed E-state index contributed by atoms with van der Waals surface area (Å²) in [6.07, 6.45) is 3.80. The molecule has 4 aromatic heterocycles. The number of halogens is 4. The van der Waals surface area contributed by atoms with Gasteiger partial charge in [-0.1, -0.05) is 11.3 Å². The van der Waals surface area contributed by atoms with Crippen LogP contribution in [0, 0.1) is 5.82 Å². The Morgan fingerprint density at radius 2 is 1.94 bits per heavy atom. The molecular weight excluding hydrogens is 426 g/mol. The third-order valence-electron chi connectivity index (χ3n) is 5.13. The predicted molar refractivity (Wildman–Crippen MR) is 108 cm³/mol. The van der Waals surface area contributed by atoms with Gasteiger partial charge in [0.25, 0.3) is 0 Å². The van der Waals surface area contributed by atoms with Crippen LogP contribution >= 0.6 is 0 Å². The van der Waals surface area contributed by atoms with Crippen molar-refractivity contribution in [3.05, 3.63) is 72.2 Å². The second-order valence-corrected chi connectivity index (χ2v) is 7.29. The molecule has 0 unspecified atom stereocenters. The van der Waals surface area contributed by atoms with Gasteiger partial charge < -0.3 is 4.98 Å². The van der Waals surface area contributed by atoms with Gasteiger partial charge >= 0.3 is 6.18 Å². The molecule has 0 radical (unpaired) electrons. The Labute approximate surface area is 178 Å². The lowest BCUT2D eigenvalue weighted by Crippen LogP contribution is -2.14. The van der Waals surface area contributed by atoms with Crippen molar-refractivity contribution in [2.45, 2.75) is 12.7 Å². The summed E-state index contributed by atoms with van der Waals surface area (Å²) in [6.45, 7) is -0.407. The van der Waals surface area contributed by atoms with E-state index in [1.807, 2.05) is 19.3 Å². The van der Waals surface area contributed by atoms with Crippen LogP contribution in [0.3, 0.4) is 0 Å². The monoisotopic (exact) mass is 441 g/mol. The zero-order chi connectivity index (χ0) is 22.5. The highest BCUT2D eigenvalue weighted by atomic mass is 19.4. The molecule has 0 aliphatic rings. The zero-order valence-electron chi connectivity index (χ0n) is 16.6. The number of nitrogens with zero attached hydrogens (tertiary/aromatic N) is 6. The highest BCUT2D eigenvalue weighted by Gasteiger charge is 2.34. The first-order chi connectivity index (χ1) is 15.3. The summed E-state index contributed by atoms with van der Waals surface area (Å²) in [5, 5.41) is 12.9. The molecule has 0 atom stereocenters. The van der Waals surface area contributed by atoms with Crippen LogP contribution in [0.1, 0.15) is 11.1 Å². The molecule has 162 valence electrons. The fraction of sp³-hybridized carbons (Fsp3) is 0.143. The van der Waals surface area contributed by atoms with E-state index in [2.05, 4.69) is 25.4 Å². The van der Waals surface area contributed by atoms with Gasteiger partial charge in [0.15, 0.2) is 0 Å². The highest BCUT2D eigenvalue weighted by Crippen LogP contribution is 2.34. The van der Waals surface area contributed by atoms with Crippen molar-refractivity contribution in [2.75, 3.05) is 0 Å². The average molecular weight is 441 g/mol. The van der Waals surface area contributed by atoms with Gasteiger partial charge in [-0.3, -0.25) is 4.68 Å². The van der Waals surface area contributed by atoms with Crippen molar-refractivity contribution in [2.24, 2.45) is 7.05 Å². The fourth-order valence-electron chi connectivity index (χ4n) is 3.59. The maximum atomic E-state index is 14.2. The SMILES string of the molecule is Cn1cc(-c2cnc3[nH]cc(-c4cn(Cc5c(F)cccc5C(F)(F)F)nn4)c3c2)cn1. The first-order valence-corrected chi connectivity index (χ1v) is 9.51. The molecule has 32 heavy (non-hydrogen) atoms. The van der Waals surface area contributed by atoms with Gasteiger partial charge in [0.05, 0.1) is 24.5 Å². The van der Waals surface area contributed by atoms with Crippen LogP contribution in [0.4, 0.5) is 17.6 Å². The van der Waals surface area contributed by atoms with Gasteiger partial charge in [-0.2, -0.15) is 18.3 Å². The smallest absolute Gasteiger partial charge is 0.345 e. The Bertz CT molecular complexity index is 1430. The van der Waals surface area contributed by atoms with E-state index >= 15 is 0 Å². The molecule has 0 fully saturated rings. The van der Waals surface area contributed by atoms with Crippen LogP contribution in [0.25, 0.3) is 33.4 Å². The number of benzene rings is 1. The van der Waals surface area contributed by atoms with Gasteiger partial charge in [0.1, 0.15) is 17.2 Å². The number of alkyl halides is 3. The number of nitrogens with one attached hydrogen (secondary N) is 1. The van der Waals surface area contributed by atoms with Crippen LogP contribution in [-0.2, 0) is 19.8 Å². The number of fused-ring (bicyclic) bond motifs is 1. The molecule has 7 nitrogen and oxygen atoms in total. The molecule has 0 saturated carbocycles. The second kappa shape index (κ2) is 7.29. The number of aryl methyl sites for hydroxylation is 1. The number of aromatic amines is 1. The van der Waals surface area contributed by atoms with E-state index in [4.69, 9.17) is 0 Å². The minimum atomic E-state index is -4.67. The number of pyridine rings is 1. The molecule has 0 amide bonds. The third kappa shape index (κ3) is 3.51. The summed E-state index contributed by atoms with van der Waals surface area (Å²) in [7, 11) is 1.81. The topological polar surface area (TPSA) is 77.2 Å². The predicted octanol–water partition coefficient (Wildman–Crippen LogP) is 4.43. The molecule has 1 aromatic carbocycles. The lowest BCUT2D eigenvalue weighted by molar-refractivity contribution is -0.138. The van der Waals surface area contributed by atoms with Crippen LogP contribution in [-0.4, -0.2) is 34.7 Å². The summed E-state index contributed by atoms with van der Waals surface area (Å²) in [4.78, 5) is 7.47. The summed E-state index contributed by atoms with van der Waals surface area (Å²) < 4.78 is 56.9. The molecule has 0 spiro atoms. The number of hydrogen-bond donors (Lipinski definition) is 1. The van der Waals surface area contributed by atoms with Crippen LogP contribution < -0.4 is 0 Å². The molecule has 5 rings (SSSR count). The lowest BCUT2D eigenvalue weighted by Gasteiger charge is -2.13. The van der Waals surface area contributed by atoms with E-state index < -0.39 is 29.7 Å². The molecule has 5 aromatic rings. The van der Waals surface area contributed by atoms with E-state index in [0.717, 1.165) is 34.7 Å². The Kier molecular flexibility index (Phi) is 4.54. The van der Waals surface area contributed by atoms with Crippen LogP contribution in [0.2, 0.25) is 0 Å². The normalized spacial score (nSPS) is 12.0. The Morgan fingerprint density at radius 1 is 1.09 bits per heavy atom. The Morgan fingerprint density at radius 3 is 2.69 bits per heavy atom. The van der Waals surface area contributed by atoms with Gasteiger partial charge in [-0.15, -0.1) is 5.10 Å². The number of rotatable bonds is 4. The largest absolute Gasteiger partial charge is 0.416 e. The molecular formula is C21H15F4N7. The number of H-pyrrole nitrogens is 1. The average Bonchev–Trinajstić information content (AvgIpc) is 3.47. The summed E-state index contributed by atoms with van der Waals surface area (Å²) in [5.74, 6) is -0.950. The molecule has 0 saturated heterocycles. The van der Waals surface area contributed by atoms with Crippen molar-refractivity contribution in [3.8, 4) is 22.4 Å². The van der Waals surface area contributed by atoms with E-state index in [-0.39, 0.29) is 0 Å². The van der Waals surface area contributed by atoms with Gasteiger partial charge in [-0.25, -0.2) is 14.1 Å². The maximum Gasteiger partial charge on any atom is 0.416 e. The molecule has 0 bridgehead atoms. The maximum absolute atomic E-state index is 14.2. The Hall–Kier alpha value is -4.02. The highest BCUT2D eigenvalue weighted by molar-refractivity contribution is 5.94. The fourth-order valence-corrected chi connectivity index (χ4v) is 3.59.